The molecule has 1 aromatic rings. The molecule has 0 N–H and O–H groups in total. The summed E-state index contributed by atoms with van der Waals surface area (Å²) in [4.78, 5) is 4.83. The maximum Gasteiger partial charge on any atom is 0.0366 e. The molecule has 2 rings (SSSR count). The third-order valence-electron chi connectivity index (χ3n) is 3.99. The summed E-state index contributed by atoms with van der Waals surface area (Å²) in [5.41, 5.74) is 3.03. The maximum atomic E-state index is 2.50. The summed E-state index contributed by atoms with van der Waals surface area (Å²) in [6.45, 7) is 9.12. The van der Waals surface area contributed by atoms with E-state index in [0.717, 1.165) is 6.54 Å². The molecule has 0 aliphatic carbocycles. The first-order valence-electron chi connectivity index (χ1n) is 6.90. The third kappa shape index (κ3) is 2.86. The third-order valence-corrected chi connectivity index (χ3v) is 3.99. The fraction of sp³-hybridized carbons (Fsp3) is 0.625. The normalized spacial score (nSPS) is 20.8. The number of hydrogen-bond donors (Lipinski definition) is 0. The Kier molecular flexibility index (Phi) is 3.67. The number of benzene rings is 1. The second kappa shape index (κ2) is 4.93. The standard InChI is InChI=1S/C16H26N2/c1-16(2,3)13-6-8-14(9-7-13)18-11-10-15(12-18)17(4)5/h6-9,15H,10-12H2,1-5H3/t15-/m1/s1. The predicted molar refractivity (Wildman–Crippen MR) is 79.4 cm³/mol. The molecule has 100 valence electrons. The van der Waals surface area contributed by atoms with Gasteiger partial charge in [-0.3, -0.25) is 0 Å². The Bertz CT molecular complexity index is 387. The molecule has 0 aromatic heterocycles. The van der Waals surface area contributed by atoms with Crippen LogP contribution in [0.25, 0.3) is 0 Å². The van der Waals surface area contributed by atoms with Crippen LogP contribution in [0.2, 0.25) is 0 Å². The van der Waals surface area contributed by atoms with Crippen LogP contribution in [0.1, 0.15) is 32.8 Å². The van der Waals surface area contributed by atoms with E-state index in [2.05, 4.69) is 68.9 Å². The van der Waals surface area contributed by atoms with E-state index in [0.29, 0.717) is 6.04 Å². The van der Waals surface area contributed by atoms with Gasteiger partial charge in [0.2, 0.25) is 0 Å². The van der Waals surface area contributed by atoms with Crippen molar-refractivity contribution < 1.29 is 0 Å². The summed E-state index contributed by atoms with van der Waals surface area (Å²) in [6.07, 6.45) is 1.27. The van der Waals surface area contributed by atoms with Gasteiger partial charge in [0.1, 0.15) is 0 Å². The quantitative estimate of drug-likeness (QED) is 0.791. The van der Waals surface area contributed by atoms with Crippen LogP contribution in [0, 0.1) is 0 Å². The highest BCUT2D eigenvalue weighted by Gasteiger charge is 2.24. The van der Waals surface area contributed by atoms with E-state index in [9.17, 15) is 0 Å². The van der Waals surface area contributed by atoms with E-state index in [1.807, 2.05) is 0 Å². The smallest absolute Gasteiger partial charge is 0.0366 e. The molecule has 1 aliphatic heterocycles. The molecule has 0 saturated carbocycles. The molecule has 1 heterocycles. The fourth-order valence-electron chi connectivity index (χ4n) is 2.57. The fourth-order valence-corrected chi connectivity index (χ4v) is 2.57. The molecule has 0 radical (unpaired) electrons. The highest BCUT2D eigenvalue weighted by atomic mass is 15.2. The SMILES string of the molecule is CN(C)[C@@H]1CCN(c2ccc(C(C)(C)C)cc2)C1. The maximum absolute atomic E-state index is 2.50. The second-order valence-corrected chi connectivity index (χ2v) is 6.65. The van der Waals surface area contributed by atoms with Gasteiger partial charge in [0, 0.05) is 24.8 Å². The van der Waals surface area contributed by atoms with Gasteiger partial charge in [0.15, 0.2) is 0 Å². The Morgan fingerprint density at radius 1 is 1.11 bits per heavy atom. The van der Waals surface area contributed by atoms with Gasteiger partial charge in [0.05, 0.1) is 0 Å². The van der Waals surface area contributed by atoms with Crippen LogP contribution in [0.15, 0.2) is 24.3 Å². The van der Waals surface area contributed by atoms with Gasteiger partial charge < -0.3 is 9.80 Å². The first-order chi connectivity index (χ1) is 8.38. The molecule has 1 atom stereocenters. The van der Waals surface area contributed by atoms with E-state index in [4.69, 9.17) is 0 Å². The molecule has 1 fully saturated rings. The molecular formula is C16H26N2. The van der Waals surface area contributed by atoms with Gasteiger partial charge in [-0.1, -0.05) is 32.9 Å². The molecule has 2 heteroatoms. The van der Waals surface area contributed by atoms with Crippen LogP contribution in [0.3, 0.4) is 0 Å². The molecule has 0 unspecified atom stereocenters. The average molecular weight is 246 g/mol. The number of likely N-dealkylation sites (N-methyl/N-ethyl adjacent to an activating group) is 1. The van der Waals surface area contributed by atoms with Crippen molar-refractivity contribution in [2.45, 2.75) is 38.6 Å². The molecule has 1 aromatic carbocycles. The number of nitrogens with zero attached hydrogens (tertiary/aromatic N) is 2. The lowest BCUT2D eigenvalue weighted by atomic mass is 9.87. The summed E-state index contributed by atoms with van der Waals surface area (Å²) in [6, 6.07) is 9.81. The van der Waals surface area contributed by atoms with Crippen molar-refractivity contribution in [1.82, 2.24) is 4.90 Å². The Morgan fingerprint density at radius 2 is 1.72 bits per heavy atom. The zero-order valence-corrected chi connectivity index (χ0v) is 12.4. The van der Waals surface area contributed by atoms with Gasteiger partial charge in [-0.25, -0.2) is 0 Å². The summed E-state index contributed by atoms with van der Waals surface area (Å²) in [5, 5.41) is 0. The minimum Gasteiger partial charge on any atom is -0.370 e. The topological polar surface area (TPSA) is 6.48 Å². The summed E-state index contributed by atoms with van der Waals surface area (Å²) in [5.74, 6) is 0. The molecular weight excluding hydrogens is 220 g/mol. The van der Waals surface area contributed by atoms with Crippen molar-refractivity contribution in [2.24, 2.45) is 0 Å². The summed E-state index contributed by atoms with van der Waals surface area (Å²) >= 11 is 0. The summed E-state index contributed by atoms with van der Waals surface area (Å²) < 4.78 is 0. The van der Waals surface area contributed by atoms with E-state index in [1.165, 1.54) is 24.2 Å². The monoisotopic (exact) mass is 246 g/mol. The summed E-state index contributed by atoms with van der Waals surface area (Å²) in [7, 11) is 4.35. The lowest BCUT2D eigenvalue weighted by molar-refractivity contribution is 0.315. The van der Waals surface area contributed by atoms with Crippen molar-refractivity contribution >= 4 is 5.69 Å². The highest BCUT2D eigenvalue weighted by molar-refractivity contribution is 5.49. The van der Waals surface area contributed by atoms with E-state index >= 15 is 0 Å². The van der Waals surface area contributed by atoms with Gasteiger partial charge >= 0.3 is 0 Å². The van der Waals surface area contributed by atoms with Crippen LogP contribution in [0.4, 0.5) is 5.69 Å². The average Bonchev–Trinajstić information content (AvgIpc) is 2.77. The lowest BCUT2D eigenvalue weighted by Gasteiger charge is -2.24. The Hall–Kier alpha value is -1.02. The van der Waals surface area contributed by atoms with E-state index in [-0.39, 0.29) is 5.41 Å². The lowest BCUT2D eigenvalue weighted by Crippen LogP contribution is -2.31. The predicted octanol–water partition coefficient (Wildman–Crippen LogP) is 3.12. The molecule has 0 bridgehead atoms. The molecule has 1 aliphatic rings. The number of hydrogen-bond acceptors (Lipinski definition) is 2. The van der Waals surface area contributed by atoms with Crippen LogP contribution in [-0.2, 0) is 5.41 Å². The van der Waals surface area contributed by atoms with Gasteiger partial charge in [-0.15, -0.1) is 0 Å². The molecule has 18 heavy (non-hydrogen) atoms. The molecule has 0 amide bonds. The molecule has 1 saturated heterocycles. The molecule has 0 spiro atoms. The second-order valence-electron chi connectivity index (χ2n) is 6.65. The Balaban J connectivity index is 2.07. The van der Waals surface area contributed by atoms with Crippen molar-refractivity contribution in [3.8, 4) is 0 Å². The minimum absolute atomic E-state index is 0.246. The Labute approximate surface area is 112 Å². The zero-order chi connectivity index (χ0) is 13.3. The highest BCUT2D eigenvalue weighted by Crippen LogP contribution is 2.27. The van der Waals surface area contributed by atoms with Crippen molar-refractivity contribution in [2.75, 3.05) is 32.1 Å². The Morgan fingerprint density at radius 3 is 2.17 bits per heavy atom. The van der Waals surface area contributed by atoms with E-state index in [1.54, 1.807) is 0 Å². The van der Waals surface area contributed by atoms with Crippen LogP contribution < -0.4 is 4.90 Å². The number of rotatable bonds is 2. The minimum atomic E-state index is 0.246. The first kappa shape index (κ1) is 13.4. The first-order valence-corrected chi connectivity index (χ1v) is 6.90. The van der Waals surface area contributed by atoms with Gasteiger partial charge in [-0.05, 0) is 43.6 Å². The van der Waals surface area contributed by atoms with Crippen molar-refractivity contribution in [3.05, 3.63) is 29.8 Å². The van der Waals surface area contributed by atoms with Crippen LogP contribution >= 0.6 is 0 Å². The molecule has 2 nitrogen and oxygen atoms in total. The van der Waals surface area contributed by atoms with E-state index < -0.39 is 0 Å². The number of anilines is 1. The van der Waals surface area contributed by atoms with Crippen LogP contribution in [0.5, 0.6) is 0 Å². The van der Waals surface area contributed by atoms with Gasteiger partial charge in [0.25, 0.3) is 0 Å². The van der Waals surface area contributed by atoms with Crippen LogP contribution in [-0.4, -0.2) is 38.1 Å². The van der Waals surface area contributed by atoms with Crippen molar-refractivity contribution in [3.63, 3.8) is 0 Å². The van der Waals surface area contributed by atoms with Gasteiger partial charge in [-0.2, -0.15) is 0 Å². The zero-order valence-electron chi connectivity index (χ0n) is 12.4. The van der Waals surface area contributed by atoms with Crippen molar-refractivity contribution in [1.29, 1.82) is 0 Å². The largest absolute Gasteiger partial charge is 0.370 e.